The zero-order chi connectivity index (χ0) is 13.8. The molecule has 0 saturated heterocycles. The standard InChI is InChI=1S/C14H14N4OS/c15-14-16-11(9-20-14)8-13-17-12(18-19-13)7-6-10-4-2-1-3-5-10/h1-5,9H,6-8H2,(H2,15,16). The molecule has 3 aromatic rings. The van der Waals surface area contributed by atoms with Gasteiger partial charge in [0.15, 0.2) is 11.0 Å². The molecule has 0 atom stereocenters. The van der Waals surface area contributed by atoms with Crippen molar-refractivity contribution in [2.45, 2.75) is 19.3 Å². The van der Waals surface area contributed by atoms with Crippen LogP contribution in [0.2, 0.25) is 0 Å². The fraction of sp³-hybridized carbons (Fsp3) is 0.214. The Kier molecular flexibility index (Phi) is 3.73. The maximum Gasteiger partial charge on any atom is 0.232 e. The molecule has 0 radical (unpaired) electrons. The molecule has 0 aliphatic heterocycles. The molecule has 0 aliphatic rings. The van der Waals surface area contributed by atoms with Crippen molar-refractivity contribution in [3.63, 3.8) is 0 Å². The summed E-state index contributed by atoms with van der Waals surface area (Å²) in [7, 11) is 0. The number of aromatic nitrogens is 3. The third kappa shape index (κ3) is 3.21. The van der Waals surface area contributed by atoms with Crippen LogP contribution in [-0.2, 0) is 19.3 Å². The van der Waals surface area contributed by atoms with E-state index in [0.29, 0.717) is 17.4 Å². The van der Waals surface area contributed by atoms with Gasteiger partial charge in [0.05, 0.1) is 12.1 Å². The van der Waals surface area contributed by atoms with E-state index in [-0.39, 0.29) is 0 Å². The van der Waals surface area contributed by atoms with Crippen LogP contribution in [0.4, 0.5) is 5.13 Å². The molecule has 2 N–H and O–H groups in total. The van der Waals surface area contributed by atoms with Crippen molar-refractivity contribution in [1.82, 2.24) is 15.1 Å². The number of anilines is 1. The van der Waals surface area contributed by atoms with Crippen molar-refractivity contribution >= 4 is 16.5 Å². The SMILES string of the molecule is Nc1nc(Cc2nc(CCc3ccccc3)no2)cs1. The molecule has 2 aromatic heterocycles. The van der Waals surface area contributed by atoms with E-state index in [1.54, 1.807) is 0 Å². The molecule has 3 rings (SSSR count). The summed E-state index contributed by atoms with van der Waals surface area (Å²) in [6.45, 7) is 0. The van der Waals surface area contributed by atoms with Crippen LogP contribution in [0.15, 0.2) is 40.2 Å². The quantitative estimate of drug-likeness (QED) is 0.779. The molecule has 0 spiro atoms. The zero-order valence-corrected chi connectivity index (χ0v) is 11.6. The molecule has 6 heteroatoms. The second-order valence-corrected chi connectivity index (χ2v) is 5.33. The van der Waals surface area contributed by atoms with Crippen molar-refractivity contribution in [2.24, 2.45) is 0 Å². The predicted octanol–water partition coefficient (Wildman–Crippen LogP) is 2.48. The van der Waals surface area contributed by atoms with Gasteiger partial charge in [0.2, 0.25) is 5.89 Å². The van der Waals surface area contributed by atoms with Gasteiger partial charge in [0.1, 0.15) is 0 Å². The maximum atomic E-state index is 5.59. The first-order chi connectivity index (χ1) is 9.79. The van der Waals surface area contributed by atoms with Gasteiger partial charge in [-0.25, -0.2) is 4.98 Å². The van der Waals surface area contributed by atoms with Gasteiger partial charge in [-0.1, -0.05) is 35.5 Å². The van der Waals surface area contributed by atoms with Crippen molar-refractivity contribution in [3.8, 4) is 0 Å². The highest BCUT2D eigenvalue weighted by atomic mass is 32.1. The van der Waals surface area contributed by atoms with Crippen LogP contribution < -0.4 is 5.73 Å². The van der Waals surface area contributed by atoms with Gasteiger partial charge in [0.25, 0.3) is 0 Å². The van der Waals surface area contributed by atoms with Gasteiger partial charge >= 0.3 is 0 Å². The van der Waals surface area contributed by atoms with Gasteiger partial charge in [-0.2, -0.15) is 4.98 Å². The Morgan fingerprint density at radius 1 is 1.10 bits per heavy atom. The molecule has 0 fully saturated rings. The minimum atomic E-state index is 0.534. The third-order valence-electron chi connectivity index (χ3n) is 2.89. The smallest absolute Gasteiger partial charge is 0.232 e. The average Bonchev–Trinajstić information content (AvgIpc) is 3.08. The highest BCUT2D eigenvalue weighted by molar-refractivity contribution is 7.13. The third-order valence-corrected chi connectivity index (χ3v) is 3.61. The van der Waals surface area contributed by atoms with E-state index in [1.807, 2.05) is 23.6 Å². The Morgan fingerprint density at radius 3 is 2.70 bits per heavy atom. The summed E-state index contributed by atoms with van der Waals surface area (Å²) in [5.74, 6) is 1.31. The van der Waals surface area contributed by atoms with Crippen molar-refractivity contribution in [2.75, 3.05) is 5.73 Å². The normalized spacial score (nSPS) is 10.8. The van der Waals surface area contributed by atoms with Crippen LogP contribution in [-0.4, -0.2) is 15.1 Å². The molecule has 1 aromatic carbocycles. The number of nitrogen functional groups attached to an aromatic ring is 1. The number of aryl methyl sites for hydroxylation is 2. The number of hydrogen-bond donors (Lipinski definition) is 1. The molecule has 0 unspecified atom stereocenters. The largest absolute Gasteiger partial charge is 0.375 e. The van der Waals surface area contributed by atoms with Crippen molar-refractivity contribution in [1.29, 1.82) is 0 Å². The summed E-state index contributed by atoms with van der Waals surface area (Å²) in [4.78, 5) is 8.55. The van der Waals surface area contributed by atoms with Crippen LogP contribution in [0.5, 0.6) is 0 Å². The summed E-state index contributed by atoms with van der Waals surface area (Å²) in [6.07, 6.45) is 2.21. The van der Waals surface area contributed by atoms with Gasteiger partial charge in [-0.15, -0.1) is 11.3 Å². The number of benzene rings is 1. The molecule has 5 nitrogen and oxygen atoms in total. The van der Waals surface area contributed by atoms with E-state index in [9.17, 15) is 0 Å². The van der Waals surface area contributed by atoms with Crippen molar-refractivity contribution in [3.05, 3.63) is 58.7 Å². The molecule has 20 heavy (non-hydrogen) atoms. The molecule has 0 saturated carbocycles. The predicted molar refractivity (Wildman–Crippen MR) is 77.5 cm³/mol. The molecule has 2 heterocycles. The fourth-order valence-corrected chi connectivity index (χ4v) is 2.49. The zero-order valence-electron chi connectivity index (χ0n) is 10.8. The Labute approximate surface area is 120 Å². The maximum absolute atomic E-state index is 5.59. The van der Waals surface area contributed by atoms with E-state index >= 15 is 0 Å². The molecular formula is C14H14N4OS. The highest BCUT2D eigenvalue weighted by Gasteiger charge is 2.09. The monoisotopic (exact) mass is 286 g/mol. The summed E-state index contributed by atoms with van der Waals surface area (Å²) in [5.41, 5.74) is 7.73. The lowest BCUT2D eigenvalue weighted by Gasteiger charge is -1.96. The van der Waals surface area contributed by atoms with Crippen LogP contribution in [0.25, 0.3) is 0 Å². The second kappa shape index (κ2) is 5.83. The Morgan fingerprint density at radius 2 is 1.95 bits per heavy atom. The summed E-state index contributed by atoms with van der Waals surface area (Å²) in [6, 6.07) is 10.3. The van der Waals surface area contributed by atoms with Crippen LogP contribution in [0.3, 0.4) is 0 Å². The van der Waals surface area contributed by atoms with E-state index in [4.69, 9.17) is 10.3 Å². The van der Waals surface area contributed by atoms with Crippen molar-refractivity contribution < 1.29 is 4.52 Å². The van der Waals surface area contributed by atoms with E-state index in [1.165, 1.54) is 16.9 Å². The van der Waals surface area contributed by atoms with Gasteiger partial charge in [-0.05, 0) is 12.0 Å². The fourth-order valence-electron chi connectivity index (χ4n) is 1.92. The Bertz CT molecular complexity index is 677. The first kappa shape index (κ1) is 12.8. The minimum Gasteiger partial charge on any atom is -0.375 e. The number of nitrogens with two attached hydrogens (primary N) is 1. The minimum absolute atomic E-state index is 0.534. The molecular weight excluding hydrogens is 272 g/mol. The highest BCUT2D eigenvalue weighted by Crippen LogP contribution is 2.14. The summed E-state index contributed by atoms with van der Waals surface area (Å²) in [5, 5.41) is 6.46. The molecule has 102 valence electrons. The Hall–Kier alpha value is -2.21. The summed E-state index contributed by atoms with van der Waals surface area (Å²) >= 11 is 1.41. The molecule has 0 bridgehead atoms. The number of rotatable bonds is 5. The lowest BCUT2D eigenvalue weighted by Crippen LogP contribution is -1.94. The number of thiazole rings is 1. The number of hydrogen-bond acceptors (Lipinski definition) is 6. The van der Waals surface area contributed by atoms with Crippen LogP contribution in [0, 0.1) is 0 Å². The first-order valence-electron chi connectivity index (χ1n) is 6.35. The molecule has 0 amide bonds. The van der Waals surface area contributed by atoms with Gasteiger partial charge < -0.3 is 10.3 Å². The average molecular weight is 286 g/mol. The number of nitrogens with zero attached hydrogens (tertiary/aromatic N) is 3. The Balaban J connectivity index is 1.59. The van der Waals surface area contributed by atoms with Crippen LogP contribution >= 0.6 is 11.3 Å². The lowest BCUT2D eigenvalue weighted by atomic mass is 10.1. The van der Waals surface area contributed by atoms with E-state index in [0.717, 1.165) is 24.4 Å². The lowest BCUT2D eigenvalue weighted by molar-refractivity contribution is 0.378. The van der Waals surface area contributed by atoms with Crippen LogP contribution in [0.1, 0.15) is 23.0 Å². The topological polar surface area (TPSA) is 77.8 Å². The summed E-state index contributed by atoms with van der Waals surface area (Å²) < 4.78 is 5.23. The second-order valence-electron chi connectivity index (χ2n) is 4.44. The van der Waals surface area contributed by atoms with E-state index < -0.39 is 0 Å². The first-order valence-corrected chi connectivity index (χ1v) is 7.23. The molecule has 0 aliphatic carbocycles. The van der Waals surface area contributed by atoms with Gasteiger partial charge in [0, 0.05) is 11.8 Å². The van der Waals surface area contributed by atoms with E-state index in [2.05, 4.69) is 27.3 Å². The van der Waals surface area contributed by atoms with Gasteiger partial charge in [-0.3, -0.25) is 0 Å².